The van der Waals surface area contributed by atoms with Crippen molar-refractivity contribution in [2.45, 2.75) is 45.6 Å². The highest BCUT2D eigenvalue weighted by Crippen LogP contribution is 2.30. The monoisotopic (exact) mass is 298 g/mol. The van der Waals surface area contributed by atoms with Crippen LogP contribution in [0.15, 0.2) is 29.2 Å². The van der Waals surface area contributed by atoms with Crippen LogP contribution in [-0.4, -0.2) is 21.0 Å². The summed E-state index contributed by atoms with van der Waals surface area (Å²) < 4.78 is 0. The first-order valence-corrected chi connectivity index (χ1v) is 7.99. The minimum Gasteiger partial charge on any atom is -0.367 e. The van der Waals surface area contributed by atoms with Gasteiger partial charge >= 0.3 is 0 Å². The van der Waals surface area contributed by atoms with E-state index in [0.29, 0.717) is 11.9 Å². The van der Waals surface area contributed by atoms with Crippen LogP contribution in [0.5, 0.6) is 0 Å². The second kappa shape index (κ2) is 6.30. The third-order valence-electron chi connectivity index (χ3n) is 4.43. The molecule has 22 heavy (non-hydrogen) atoms. The number of aromatic amines is 1. The second-order valence-electron chi connectivity index (χ2n) is 5.99. The minimum absolute atomic E-state index is 0.123. The number of hydrogen-bond donors (Lipinski definition) is 2. The van der Waals surface area contributed by atoms with E-state index >= 15 is 0 Å². The summed E-state index contributed by atoms with van der Waals surface area (Å²) in [6, 6.07) is 5.88. The highest BCUT2D eigenvalue weighted by Gasteiger charge is 2.23. The smallest absolute Gasteiger partial charge is 0.251 e. The van der Waals surface area contributed by atoms with E-state index < -0.39 is 0 Å². The van der Waals surface area contributed by atoms with Crippen LogP contribution in [0.4, 0.5) is 5.82 Å². The highest BCUT2D eigenvalue weighted by atomic mass is 16.1. The molecule has 0 aliphatic heterocycles. The van der Waals surface area contributed by atoms with E-state index in [2.05, 4.69) is 27.2 Å². The van der Waals surface area contributed by atoms with E-state index in [0.717, 1.165) is 29.4 Å². The molecule has 1 saturated carbocycles. The summed E-state index contributed by atoms with van der Waals surface area (Å²) in [5.41, 5.74) is 1.50. The lowest BCUT2D eigenvalue weighted by Crippen LogP contribution is -2.31. The molecule has 1 aliphatic rings. The Morgan fingerprint density at radius 3 is 2.82 bits per heavy atom. The summed E-state index contributed by atoms with van der Waals surface area (Å²) in [6.45, 7) is 4.20. The first kappa shape index (κ1) is 14.8. The van der Waals surface area contributed by atoms with Crippen molar-refractivity contribution in [3.8, 4) is 11.4 Å². The number of anilines is 1. The van der Waals surface area contributed by atoms with Gasteiger partial charge in [-0.3, -0.25) is 4.79 Å². The molecular weight excluding hydrogens is 276 g/mol. The molecule has 1 aliphatic carbocycles. The number of nitrogens with zero attached hydrogens (tertiary/aromatic N) is 2. The molecule has 2 heterocycles. The van der Waals surface area contributed by atoms with Crippen molar-refractivity contribution in [3.05, 3.63) is 40.4 Å². The van der Waals surface area contributed by atoms with Crippen molar-refractivity contribution in [2.24, 2.45) is 5.92 Å². The van der Waals surface area contributed by atoms with Gasteiger partial charge in [-0.2, -0.15) is 0 Å². The maximum absolute atomic E-state index is 11.6. The van der Waals surface area contributed by atoms with Crippen LogP contribution in [0.1, 0.15) is 38.8 Å². The predicted molar refractivity (Wildman–Crippen MR) is 87.9 cm³/mol. The SMILES string of the molecule is CCc1cc(=O)[nH]c(-c2ccc(NC(C)C3CCC3)nc2)n1. The van der Waals surface area contributed by atoms with Gasteiger partial charge in [0.05, 0.1) is 0 Å². The lowest BCUT2D eigenvalue weighted by molar-refractivity contribution is 0.285. The zero-order valence-electron chi connectivity index (χ0n) is 13.1. The zero-order valence-corrected chi connectivity index (χ0v) is 13.1. The normalized spacial score (nSPS) is 16.1. The van der Waals surface area contributed by atoms with E-state index in [1.807, 2.05) is 19.1 Å². The van der Waals surface area contributed by atoms with Crippen molar-refractivity contribution in [1.82, 2.24) is 15.0 Å². The minimum atomic E-state index is -0.123. The van der Waals surface area contributed by atoms with Crippen molar-refractivity contribution < 1.29 is 0 Å². The average Bonchev–Trinajstić information content (AvgIpc) is 2.45. The molecule has 5 heteroatoms. The number of pyridine rings is 1. The first-order chi connectivity index (χ1) is 10.7. The number of rotatable bonds is 5. The van der Waals surface area contributed by atoms with Gasteiger partial charge in [0.15, 0.2) is 0 Å². The molecule has 0 saturated heterocycles. The standard InChI is InChI=1S/C17H22N4O/c1-3-14-9-16(22)21-17(20-14)13-7-8-15(18-10-13)19-11(2)12-5-4-6-12/h7-12H,3-6H2,1-2H3,(H,18,19)(H,20,21,22). The van der Waals surface area contributed by atoms with Crippen molar-refractivity contribution in [1.29, 1.82) is 0 Å². The van der Waals surface area contributed by atoms with E-state index in [1.54, 1.807) is 6.20 Å². The number of H-pyrrole nitrogens is 1. The molecule has 5 nitrogen and oxygen atoms in total. The van der Waals surface area contributed by atoms with E-state index in [4.69, 9.17) is 0 Å². The maximum Gasteiger partial charge on any atom is 0.251 e. The van der Waals surface area contributed by atoms with Crippen LogP contribution in [0.2, 0.25) is 0 Å². The first-order valence-electron chi connectivity index (χ1n) is 7.99. The fourth-order valence-corrected chi connectivity index (χ4v) is 2.74. The van der Waals surface area contributed by atoms with Gasteiger partial charge in [-0.25, -0.2) is 9.97 Å². The Morgan fingerprint density at radius 1 is 1.41 bits per heavy atom. The molecule has 1 fully saturated rings. The molecule has 116 valence electrons. The third-order valence-corrected chi connectivity index (χ3v) is 4.43. The second-order valence-corrected chi connectivity index (χ2v) is 5.99. The summed E-state index contributed by atoms with van der Waals surface area (Å²) in [5.74, 6) is 2.22. The zero-order chi connectivity index (χ0) is 15.5. The fraction of sp³-hybridized carbons (Fsp3) is 0.471. The maximum atomic E-state index is 11.6. The molecule has 0 radical (unpaired) electrons. The van der Waals surface area contributed by atoms with E-state index in [1.165, 1.54) is 25.3 Å². The molecule has 2 aromatic rings. The van der Waals surface area contributed by atoms with E-state index in [9.17, 15) is 4.79 Å². The molecule has 0 bridgehead atoms. The molecule has 0 amide bonds. The highest BCUT2D eigenvalue weighted by molar-refractivity contribution is 5.56. The summed E-state index contributed by atoms with van der Waals surface area (Å²) >= 11 is 0. The average molecular weight is 298 g/mol. The quantitative estimate of drug-likeness (QED) is 0.890. The lowest BCUT2D eigenvalue weighted by Gasteiger charge is -2.32. The number of nitrogens with one attached hydrogen (secondary N) is 2. The molecule has 3 rings (SSSR count). The number of hydrogen-bond acceptors (Lipinski definition) is 4. The van der Waals surface area contributed by atoms with Crippen LogP contribution >= 0.6 is 0 Å². The molecular formula is C17H22N4O. The summed E-state index contributed by atoms with van der Waals surface area (Å²) in [5, 5.41) is 3.45. The van der Waals surface area contributed by atoms with Crippen molar-refractivity contribution >= 4 is 5.82 Å². The number of aromatic nitrogens is 3. The summed E-state index contributed by atoms with van der Waals surface area (Å²) in [4.78, 5) is 23.3. The van der Waals surface area contributed by atoms with Gasteiger partial charge in [0, 0.05) is 29.6 Å². The summed E-state index contributed by atoms with van der Waals surface area (Å²) in [7, 11) is 0. The Labute approximate surface area is 130 Å². The number of aryl methyl sites for hydroxylation is 1. The fourth-order valence-electron chi connectivity index (χ4n) is 2.74. The Bertz CT molecular complexity index is 689. The van der Waals surface area contributed by atoms with Crippen molar-refractivity contribution in [3.63, 3.8) is 0 Å². The van der Waals surface area contributed by atoms with Crippen LogP contribution in [-0.2, 0) is 6.42 Å². The van der Waals surface area contributed by atoms with Gasteiger partial charge in [0.25, 0.3) is 5.56 Å². The van der Waals surface area contributed by atoms with Crippen LogP contribution in [0.3, 0.4) is 0 Å². The topological polar surface area (TPSA) is 70.7 Å². The Kier molecular flexibility index (Phi) is 4.22. The Hall–Kier alpha value is -2.17. The Balaban J connectivity index is 1.76. The molecule has 0 spiro atoms. The van der Waals surface area contributed by atoms with Gasteiger partial charge in [0.1, 0.15) is 11.6 Å². The lowest BCUT2D eigenvalue weighted by atomic mass is 9.80. The van der Waals surface area contributed by atoms with Crippen LogP contribution < -0.4 is 10.9 Å². The van der Waals surface area contributed by atoms with E-state index in [-0.39, 0.29) is 5.56 Å². The Morgan fingerprint density at radius 2 is 2.23 bits per heavy atom. The molecule has 2 N–H and O–H groups in total. The predicted octanol–water partition coefficient (Wildman–Crippen LogP) is 2.99. The molecule has 1 unspecified atom stereocenters. The summed E-state index contributed by atoms with van der Waals surface area (Å²) in [6.07, 6.45) is 6.45. The van der Waals surface area contributed by atoms with Gasteiger partial charge in [0.2, 0.25) is 0 Å². The van der Waals surface area contributed by atoms with Gasteiger partial charge in [-0.1, -0.05) is 13.3 Å². The van der Waals surface area contributed by atoms with Crippen LogP contribution in [0, 0.1) is 5.92 Å². The van der Waals surface area contributed by atoms with Gasteiger partial charge in [-0.15, -0.1) is 0 Å². The van der Waals surface area contributed by atoms with Crippen molar-refractivity contribution in [2.75, 3.05) is 5.32 Å². The third kappa shape index (κ3) is 3.18. The molecule has 0 aromatic carbocycles. The van der Waals surface area contributed by atoms with Gasteiger partial charge < -0.3 is 10.3 Å². The van der Waals surface area contributed by atoms with Crippen LogP contribution in [0.25, 0.3) is 11.4 Å². The molecule has 2 aromatic heterocycles. The van der Waals surface area contributed by atoms with Gasteiger partial charge in [-0.05, 0) is 44.2 Å². The molecule has 1 atom stereocenters. The largest absolute Gasteiger partial charge is 0.367 e.